The van der Waals surface area contributed by atoms with Crippen LogP contribution in [0.25, 0.3) is 0 Å². The average Bonchev–Trinajstić information content (AvgIpc) is 3.20. The van der Waals surface area contributed by atoms with Crippen molar-refractivity contribution < 1.29 is 0 Å². The Hall–Kier alpha value is -1.22. The summed E-state index contributed by atoms with van der Waals surface area (Å²) >= 11 is 6.48. The fourth-order valence-electron chi connectivity index (χ4n) is 1.55. The van der Waals surface area contributed by atoms with Crippen molar-refractivity contribution in [1.29, 1.82) is 0 Å². The van der Waals surface area contributed by atoms with Crippen molar-refractivity contribution in [3.05, 3.63) is 57.0 Å². The van der Waals surface area contributed by atoms with E-state index in [0.717, 1.165) is 33.2 Å². The molecule has 5 heteroatoms. The van der Waals surface area contributed by atoms with Crippen LogP contribution in [0.1, 0.15) is 24.0 Å². The summed E-state index contributed by atoms with van der Waals surface area (Å²) in [6, 6.07) is 7.61. The molecule has 1 aliphatic carbocycles. The first-order valence-electron chi connectivity index (χ1n) is 6.02. The third-order valence-electron chi connectivity index (χ3n) is 2.99. The van der Waals surface area contributed by atoms with Crippen LogP contribution >= 0.6 is 31.9 Å². The van der Waals surface area contributed by atoms with Gasteiger partial charge in [-0.15, -0.1) is 6.42 Å². The van der Waals surface area contributed by atoms with Gasteiger partial charge in [0.1, 0.15) is 9.21 Å². The van der Waals surface area contributed by atoms with Gasteiger partial charge in [-0.2, -0.15) is 0 Å². The summed E-state index contributed by atoms with van der Waals surface area (Å²) in [4.78, 5) is 8.05. The zero-order valence-corrected chi connectivity index (χ0v) is 13.9. The van der Waals surface area contributed by atoms with E-state index >= 15 is 0 Å². The van der Waals surface area contributed by atoms with E-state index in [9.17, 15) is 0 Å². The zero-order valence-electron chi connectivity index (χ0n) is 10.7. The van der Waals surface area contributed by atoms with Gasteiger partial charge in [-0.1, -0.05) is 12.0 Å². The highest BCUT2D eigenvalue weighted by Crippen LogP contribution is 2.42. The van der Waals surface area contributed by atoms with Gasteiger partial charge in [0.25, 0.3) is 0 Å². The Kier molecular flexibility index (Phi) is 4.92. The van der Waals surface area contributed by atoms with Crippen molar-refractivity contribution in [3.63, 3.8) is 0 Å². The van der Waals surface area contributed by atoms with E-state index in [2.05, 4.69) is 47.7 Å². The Morgan fingerprint density at radius 2 is 1.65 bits per heavy atom. The van der Waals surface area contributed by atoms with Crippen LogP contribution in [0, 0.1) is 12.3 Å². The van der Waals surface area contributed by atoms with Gasteiger partial charge in [0.15, 0.2) is 0 Å². The Morgan fingerprint density at radius 1 is 1.05 bits per heavy atom. The van der Waals surface area contributed by atoms with Gasteiger partial charge in [0.05, 0.1) is 0 Å². The predicted octanol–water partition coefficient (Wildman–Crippen LogP) is 3.62. The van der Waals surface area contributed by atoms with Gasteiger partial charge in [0.2, 0.25) is 0 Å². The number of halogens is 2. The zero-order chi connectivity index (χ0) is 14.6. The average molecular weight is 395 g/mol. The molecule has 2 N–H and O–H groups in total. The lowest BCUT2D eigenvalue weighted by atomic mass is 10.1. The summed E-state index contributed by atoms with van der Waals surface area (Å²) in [5.74, 6) is 2.47. The van der Waals surface area contributed by atoms with Gasteiger partial charge >= 0.3 is 0 Å². The maximum absolute atomic E-state index is 5.96. The molecule has 3 rings (SSSR count). The Labute approximate surface area is 135 Å². The van der Waals surface area contributed by atoms with Gasteiger partial charge < -0.3 is 5.73 Å². The number of terminal acetylenes is 1. The smallest absolute Gasteiger partial charge is 0.106 e. The van der Waals surface area contributed by atoms with E-state index in [-0.39, 0.29) is 5.54 Å². The van der Waals surface area contributed by atoms with Crippen LogP contribution in [0.15, 0.2) is 45.9 Å². The highest BCUT2D eigenvalue weighted by atomic mass is 79.9. The molecule has 2 aromatic rings. The van der Waals surface area contributed by atoms with Gasteiger partial charge in [-0.25, -0.2) is 9.97 Å². The largest absolute Gasteiger partial charge is 0.321 e. The quantitative estimate of drug-likeness (QED) is 0.593. The molecule has 0 aromatic carbocycles. The summed E-state index contributed by atoms with van der Waals surface area (Å²) in [5, 5.41) is 0. The molecular weight excluding hydrogens is 382 g/mol. The molecule has 0 spiro atoms. The Bertz CT molecular complexity index is 611. The molecule has 1 saturated carbocycles. The lowest BCUT2D eigenvalue weighted by Gasteiger charge is -2.06. The van der Waals surface area contributed by atoms with E-state index in [1.165, 1.54) is 0 Å². The van der Waals surface area contributed by atoms with Crippen molar-refractivity contribution in [2.24, 2.45) is 5.73 Å². The van der Waals surface area contributed by atoms with Crippen molar-refractivity contribution >= 4 is 31.9 Å². The Morgan fingerprint density at radius 3 is 2.05 bits per heavy atom. The van der Waals surface area contributed by atoms with E-state index in [1.54, 1.807) is 6.20 Å². The third kappa shape index (κ3) is 4.14. The van der Waals surface area contributed by atoms with E-state index in [0.29, 0.717) is 0 Å². The molecule has 2 aromatic heterocycles. The lowest BCUT2D eigenvalue weighted by Crippen LogP contribution is -2.18. The molecule has 102 valence electrons. The lowest BCUT2D eigenvalue weighted by molar-refractivity contribution is 0.734. The maximum Gasteiger partial charge on any atom is 0.106 e. The third-order valence-corrected chi connectivity index (χ3v) is 3.92. The van der Waals surface area contributed by atoms with E-state index < -0.39 is 0 Å². The fourth-order valence-corrected chi connectivity index (χ4v) is 2.02. The summed E-state index contributed by atoms with van der Waals surface area (Å²) in [6.45, 7) is 0. The molecule has 20 heavy (non-hydrogen) atoms. The predicted molar refractivity (Wildman–Crippen MR) is 86.9 cm³/mol. The van der Waals surface area contributed by atoms with Crippen LogP contribution < -0.4 is 5.73 Å². The number of pyridine rings is 2. The summed E-state index contributed by atoms with van der Waals surface area (Å²) in [5.41, 5.74) is 7.87. The van der Waals surface area contributed by atoms with Gasteiger partial charge in [-0.3, -0.25) is 0 Å². The molecule has 0 atom stereocenters. The number of hydrogen-bond donors (Lipinski definition) is 1. The fraction of sp³-hybridized carbons (Fsp3) is 0.200. The minimum absolute atomic E-state index is 0.0479. The summed E-state index contributed by atoms with van der Waals surface area (Å²) < 4.78 is 1.67. The minimum atomic E-state index is -0.0479. The first-order valence-corrected chi connectivity index (χ1v) is 7.61. The van der Waals surface area contributed by atoms with E-state index in [1.807, 2.05) is 30.5 Å². The van der Waals surface area contributed by atoms with Crippen LogP contribution in [0.5, 0.6) is 0 Å². The molecule has 0 saturated heterocycles. The number of nitrogens with two attached hydrogens (primary N) is 1. The number of hydrogen-bond acceptors (Lipinski definition) is 3. The normalized spacial score (nSPS) is 14.7. The topological polar surface area (TPSA) is 51.8 Å². The standard InChI is InChI=1S/C8H9BrN2.C7H4BrN/c9-7-2-1-6(5-11-7)8(10)3-4-8;1-2-6-3-4-7(8)9-5-6/h1-2,5H,3-4,10H2;1,3-5H. The first-order chi connectivity index (χ1) is 9.53. The number of aromatic nitrogens is 2. The molecule has 0 unspecified atom stereocenters. The highest BCUT2D eigenvalue weighted by molar-refractivity contribution is 9.10. The minimum Gasteiger partial charge on any atom is -0.321 e. The van der Waals surface area contributed by atoms with E-state index in [4.69, 9.17) is 12.2 Å². The molecule has 0 aliphatic heterocycles. The van der Waals surface area contributed by atoms with Crippen molar-refractivity contribution in [1.82, 2.24) is 9.97 Å². The number of nitrogens with zero attached hydrogens (tertiary/aromatic N) is 2. The molecule has 0 bridgehead atoms. The summed E-state index contributed by atoms with van der Waals surface area (Å²) in [7, 11) is 0. The van der Waals surface area contributed by atoms with Gasteiger partial charge in [0, 0.05) is 23.5 Å². The number of rotatable bonds is 1. The molecule has 1 fully saturated rings. The van der Waals surface area contributed by atoms with Gasteiger partial charge in [-0.05, 0) is 68.5 Å². The second kappa shape index (κ2) is 6.49. The first kappa shape index (κ1) is 15.2. The molecule has 1 aliphatic rings. The maximum atomic E-state index is 5.96. The summed E-state index contributed by atoms with van der Waals surface area (Å²) in [6.07, 6.45) is 10.8. The van der Waals surface area contributed by atoms with Crippen LogP contribution in [-0.4, -0.2) is 9.97 Å². The van der Waals surface area contributed by atoms with Crippen LogP contribution in [0.2, 0.25) is 0 Å². The molecule has 3 nitrogen and oxygen atoms in total. The SMILES string of the molecule is C#Cc1ccc(Br)nc1.NC1(c2ccc(Br)nc2)CC1. The molecule has 0 amide bonds. The molecule has 0 radical (unpaired) electrons. The monoisotopic (exact) mass is 393 g/mol. The van der Waals surface area contributed by atoms with Crippen LogP contribution in [0.4, 0.5) is 0 Å². The van der Waals surface area contributed by atoms with Crippen molar-refractivity contribution in [3.8, 4) is 12.3 Å². The second-order valence-electron chi connectivity index (χ2n) is 4.54. The second-order valence-corrected chi connectivity index (χ2v) is 6.16. The molecular formula is C15H13Br2N3. The molecule has 2 heterocycles. The van der Waals surface area contributed by atoms with Crippen molar-refractivity contribution in [2.75, 3.05) is 0 Å². The Balaban J connectivity index is 0.000000151. The van der Waals surface area contributed by atoms with Crippen LogP contribution in [0.3, 0.4) is 0 Å². The van der Waals surface area contributed by atoms with Crippen molar-refractivity contribution in [2.45, 2.75) is 18.4 Å². The highest BCUT2D eigenvalue weighted by Gasteiger charge is 2.40. The van der Waals surface area contributed by atoms with Crippen LogP contribution in [-0.2, 0) is 5.54 Å².